The summed E-state index contributed by atoms with van der Waals surface area (Å²) < 4.78 is 0. The number of hydrogen-bond donors (Lipinski definition) is 2. The Morgan fingerprint density at radius 1 is 0.739 bits per heavy atom. The minimum absolute atomic E-state index is 0.200. The first-order chi connectivity index (χ1) is 11.2. The van der Waals surface area contributed by atoms with Gasteiger partial charge in [0.15, 0.2) is 0 Å². The van der Waals surface area contributed by atoms with Crippen molar-refractivity contribution in [3.63, 3.8) is 0 Å². The molecule has 3 aromatic carbocycles. The van der Waals surface area contributed by atoms with E-state index in [1.165, 1.54) is 18.4 Å². The van der Waals surface area contributed by atoms with Gasteiger partial charge in [0.25, 0.3) is 0 Å². The van der Waals surface area contributed by atoms with Crippen LogP contribution in [0, 0.1) is 0 Å². The number of benzene rings is 3. The summed E-state index contributed by atoms with van der Waals surface area (Å²) in [5.74, 6) is 0.420. The molecular formula is C21H22O2. The second kappa shape index (κ2) is 8.64. The fraction of sp³-hybridized carbons (Fsp3) is 0.143. The zero-order chi connectivity index (χ0) is 16.5. The minimum atomic E-state index is 0.200. The summed E-state index contributed by atoms with van der Waals surface area (Å²) >= 11 is 0. The summed E-state index contributed by atoms with van der Waals surface area (Å²) in [6.45, 7) is 2.20. The van der Waals surface area contributed by atoms with Crippen LogP contribution in [0.4, 0.5) is 0 Å². The van der Waals surface area contributed by atoms with Gasteiger partial charge in [-0.25, -0.2) is 0 Å². The molecule has 0 saturated carbocycles. The van der Waals surface area contributed by atoms with Crippen molar-refractivity contribution in [2.75, 3.05) is 0 Å². The Kier molecular flexibility index (Phi) is 6.25. The second-order valence-electron chi connectivity index (χ2n) is 5.30. The molecule has 2 N–H and O–H groups in total. The first-order valence-corrected chi connectivity index (χ1v) is 7.82. The van der Waals surface area contributed by atoms with Gasteiger partial charge in [0.05, 0.1) is 0 Å². The molecule has 3 rings (SSSR count). The van der Waals surface area contributed by atoms with Gasteiger partial charge in [0, 0.05) is 5.56 Å². The Hall–Kier alpha value is -2.74. The quantitative estimate of drug-likeness (QED) is 0.679. The molecule has 3 aromatic rings. The molecule has 0 amide bonds. The topological polar surface area (TPSA) is 40.5 Å². The second-order valence-corrected chi connectivity index (χ2v) is 5.30. The van der Waals surface area contributed by atoms with Crippen LogP contribution in [-0.2, 0) is 6.42 Å². The molecule has 0 fully saturated rings. The molecule has 0 aliphatic rings. The average molecular weight is 306 g/mol. The molecule has 0 spiro atoms. The maximum atomic E-state index is 9.57. The molecule has 0 aromatic heterocycles. The highest BCUT2D eigenvalue weighted by molar-refractivity contribution is 5.70. The van der Waals surface area contributed by atoms with Crippen molar-refractivity contribution in [2.24, 2.45) is 0 Å². The van der Waals surface area contributed by atoms with Gasteiger partial charge in [0.1, 0.15) is 11.5 Å². The molecule has 0 aliphatic carbocycles. The minimum Gasteiger partial charge on any atom is -0.508 e. The molecule has 0 aliphatic heterocycles. The summed E-state index contributed by atoms with van der Waals surface area (Å²) in [5, 5.41) is 18.9. The number of aryl methyl sites for hydroxylation is 1. The Morgan fingerprint density at radius 2 is 1.43 bits per heavy atom. The molecular weight excluding hydrogens is 284 g/mol. The zero-order valence-electron chi connectivity index (χ0n) is 13.3. The molecule has 2 nitrogen and oxygen atoms in total. The number of hydrogen-bond acceptors (Lipinski definition) is 2. The molecule has 23 heavy (non-hydrogen) atoms. The van der Waals surface area contributed by atoms with Crippen LogP contribution >= 0.6 is 0 Å². The smallest absolute Gasteiger partial charge is 0.123 e. The van der Waals surface area contributed by atoms with E-state index in [4.69, 9.17) is 0 Å². The summed E-state index contributed by atoms with van der Waals surface area (Å²) in [5.41, 5.74) is 2.98. The number of phenolic OH excluding ortho intramolecular Hbond substituents is 2. The number of para-hydroxylation sites is 1. The van der Waals surface area contributed by atoms with E-state index in [1.54, 1.807) is 30.3 Å². The van der Waals surface area contributed by atoms with E-state index in [-0.39, 0.29) is 11.5 Å². The summed E-state index contributed by atoms with van der Waals surface area (Å²) in [4.78, 5) is 0. The van der Waals surface area contributed by atoms with E-state index in [0.717, 1.165) is 11.1 Å². The van der Waals surface area contributed by atoms with E-state index in [0.29, 0.717) is 0 Å². The van der Waals surface area contributed by atoms with E-state index in [9.17, 15) is 10.2 Å². The van der Waals surface area contributed by atoms with E-state index in [2.05, 4.69) is 37.3 Å². The molecule has 0 saturated heterocycles. The Balaban J connectivity index is 0.000000185. The Morgan fingerprint density at radius 3 is 2.09 bits per heavy atom. The van der Waals surface area contributed by atoms with Crippen molar-refractivity contribution in [3.8, 4) is 22.6 Å². The molecule has 0 bridgehead atoms. The maximum absolute atomic E-state index is 9.57. The predicted molar refractivity (Wildman–Crippen MR) is 95.6 cm³/mol. The third kappa shape index (κ3) is 5.19. The van der Waals surface area contributed by atoms with Gasteiger partial charge in [-0.15, -0.1) is 0 Å². The standard InChI is InChI=1S/C12H10O2.C9H12/c13-10-5-3-4-9(8-10)11-6-1-2-7-12(11)14;1-2-6-9-7-4-3-5-8-9/h1-8,13-14H;3-5,7-8H,2,6H2,1H3. The molecule has 118 valence electrons. The lowest BCUT2D eigenvalue weighted by Gasteiger charge is -2.04. The van der Waals surface area contributed by atoms with E-state index >= 15 is 0 Å². The van der Waals surface area contributed by atoms with Crippen LogP contribution in [-0.4, -0.2) is 10.2 Å². The van der Waals surface area contributed by atoms with Gasteiger partial charge in [0.2, 0.25) is 0 Å². The van der Waals surface area contributed by atoms with Crippen LogP contribution < -0.4 is 0 Å². The average Bonchev–Trinajstić information content (AvgIpc) is 2.57. The largest absolute Gasteiger partial charge is 0.508 e. The van der Waals surface area contributed by atoms with Crippen molar-refractivity contribution in [3.05, 3.63) is 84.4 Å². The lowest BCUT2D eigenvalue weighted by atomic mass is 10.0. The maximum Gasteiger partial charge on any atom is 0.123 e. The van der Waals surface area contributed by atoms with Crippen LogP contribution in [0.25, 0.3) is 11.1 Å². The van der Waals surface area contributed by atoms with Gasteiger partial charge in [-0.1, -0.05) is 74.0 Å². The van der Waals surface area contributed by atoms with Gasteiger partial charge in [-0.3, -0.25) is 0 Å². The van der Waals surface area contributed by atoms with Crippen molar-refractivity contribution in [1.29, 1.82) is 0 Å². The fourth-order valence-corrected chi connectivity index (χ4v) is 2.32. The molecule has 0 unspecified atom stereocenters. The molecule has 0 atom stereocenters. The highest BCUT2D eigenvalue weighted by Crippen LogP contribution is 2.30. The number of phenols is 2. The first kappa shape index (κ1) is 16.6. The summed E-state index contributed by atoms with van der Waals surface area (Å²) in [6, 6.07) is 24.4. The van der Waals surface area contributed by atoms with Gasteiger partial charge >= 0.3 is 0 Å². The van der Waals surface area contributed by atoms with Crippen LogP contribution in [0.15, 0.2) is 78.9 Å². The monoisotopic (exact) mass is 306 g/mol. The van der Waals surface area contributed by atoms with Gasteiger partial charge in [-0.2, -0.15) is 0 Å². The van der Waals surface area contributed by atoms with Crippen molar-refractivity contribution in [1.82, 2.24) is 0 Å². The van der Waals surface area contributed by atoms with Crippen LogP contribution in [0.1, 0.15) is 18.9 Å². The lowest BCUT2D eigenvalue weighted by molar-refractivity contribution is 0.474. The predicted octanol–water partition coefficient (Wildman–Crippen LogP) is 5.40. The van der Waals surface area contributed by atoms with Crippen molar-refractivity contribution >= 4 is 0 Å². The third-order valence-electron chi connectivity index (χ3n) is 3.44. The Labute approximate surface area is 137 Å². The fourth-order valence-electron chi connectivity index (χ4n) is 2.32. The van der Waals surface area contributed by atoms with Crippen LogP contribution in [0.3, 0.4) is 0 Å². The highest BCUT2D eigenvalue weighted by Gasteiger charge is 2.02. The third-order valence-corrected chi connectivity index (χ3v) is 3.44. The zero-order valence-corrected chi connectivity index (χ0v) is 13.3. The van der Waals surface area contributed by atoms with Crippen LogP contribution in [0.5, 0.6) is 11.5 Å². The molecule has 0 heterocycles. The first-order valence-electron chi connectivity index (χ1n) is 7.82. The van der Waals surface area contributed by atoms with Gasteiger partial charge in [-0.05, 0) is 35.7 Å². The van der Waals surface area contributed by atoms with Crippen molar-refractivity contribution < 1.29 is 10.2 Å². The lowest BCUT2D eigenvalue weighted by Crippen LogP contribution is -1.78. The van der Waals surface area contributed by atoms with Gasteiger partial charge < -0.3 is 10.2 Å². The highest BCUT2D eigenvalue weighted by atomic mass is 16.3. The number of aromatic hydroxyl groups is 2. The normalized spacial score (nSPS) is 9.78. The molecule has 0 radical (unpaired) electrons. The summed E-state index contributed by atoms with van der Waals surface area (Å²) in [6.07, 6.45) is 2.45. The number of rotatable bonds is 3. The van der Waals surface area contributed by atoms with E-state index in [1.807, 2.05) is 18.2 Å². The van der Waals surface area contributed by atoms with Crippen LogP contribution in [0.2, 0.25) is 0 Å². The summed E-state index contributed by atoms with van der Waals surface area (Å²) in [7, 11) is 0. The Bertz CT molecular complexity index is 721. The molecule has 2 heteroatoms. The van der Waals surface area contributed by atoms with E-state index < -0.39 is 0 Å². The SMILES string of the molecule is CCCc1ccccc1.Oc1cccc(-c2ccccc2O)c1. The van der Waals surface area contributed by atoms with Crippen molar-refractivity contribution in [2.45, 2.75) is 19.8 Å².